The number of methoxy groups -OCH3 is 1. The third kappa shape index (κ3) is 5.57. The highest BCUT2D eigenvalue weighted by Crippen LogP contribution is 2.33. The second-order valence-electron chi connectivity index (χ2n) is 9.57. The Labute approximate surface area is 212 Å². The monoisotopic (exact) mass is 493 g/mol. The molecule has 0 aliphatic carbocycles. The standard InChI is InChI=1S/C27H35N5O4/c1-31(7-8-32-9-11-35-12-10-32)25-15-19(22-16-28-29-17-22)3-5-24(25)30-27(33)21-13-20-14-23(34-2)4-6-26(20)36-18-21/h3-6,14-16,21-22,29H,7-13,17-18H2,1-2H3,(H,30,33). The zero-order valence-corrected chi connectivity index (χ0v) is 21.0. The van der Waals surface area contributed by atoms with Crippen molar-refractivity contribution >= 4 is 23.5 Å². The van der Waals surface area contributed by atoms with Crippen molar-refractivity contribution in [1.29, 1.82) is 0 Å². The maximum Gasteiger partial charge on any atom is 0.231 e. The minimum absolute atomic E-state index is 0.0388. The number of hydrogen-bond acceptors (Lipinski definition) is 8. The third-order valence-electron chi connectivity index (χ3n) is 7.18. The number of anilines is 2. The van der Waals surface area contributed by atoms with Crippen molar-refractivity contribution < 1.29 is 19.0 Å². The number of fused-ring (bicyclic) bond motifs is 1. The van der Waals surface area contributed by atoms with Crippen LogP contribution in [0.1, 0.15) is 17.0 Å². The molecule has 1 saturated heterocycles. The largest absolute Gasteiger partial charge is 0.497 e. The lowest BCUT2D eigenvalue weighted by atomic mass is 9.95. The van der Waals surface area contributed by atoms with Gasteiger partial charge >= 0.3 is 0 Å². The summed E-state index contributed by atoms with van der Waals surface area (Å²) in [6, 6.07) is 12.0. The van der Waals surface area contributed by atoms with Gasteiger partial charge in [0.25, 0.3) is 0 Å². The maximum absolute atomic E-state index is 13.4. The number of rotatable bonds is 8. The Morgan fingerprint density at radius 3 is 2.89 bits per heavy atom. The van der Waals surface area contributed by atoms with Gasteiger partial charge < -0.3 is 29.9 Å². The summed E-state index contributed by atoms with van der Waals surface area (Å²) in [6.07, 6.45) is 2.55. The second-order valence-corrected chi connectivity index (χ2v) is 9.57. The van der Waals surface area contributed by atoms with Gasteiger partial charge in [0.1, 0.15) is 18.1 Å². The van der Waals surface area contributed by atoms with E-state index in [4.69, 9.17) is 14.2 Å². The summed E-state index contributed by atoms with van der Waals surface area (Å²) >= 11 is 0. The van der Waals surface area contributed by atoms with E-state index in [1.54, 1.807) is 7.11 Å². The lowest BCUT2D eigenvalue weighted by Gasteiger charge is -2.31. The number of benzene rings is 2. The van der Waals surface area contributed by atoms with Crippen LogP contribution in [0.15, 0.2) is 41.5 Å². The molecule has 1 amide bonds. The highest BCUT2D eigenvalue weighted by atomic mass is 16.5. The Kier molecular flexibility index (Phi) is 7.58. The SMILES string of the molecule is COc1ccc2c(c1)CC(C(=O)Nc1ccc(C3C=NNC3)cc1N(C)CCN1CCOCC1)CO2. The Balaban J connectivity index is 1.31. The lowest BCUT2D eigenvalue weighted by Crippen LogP contribution is -2.41. The number of nitrogens with one attached hydrogen (secondary N) is 2. The van der Waals surface area contributed by atoms with Crippen LogP contribution in [0.25, 0.3) is 0 Å². The first-order valence-electron chi connectivity index (χ1n) is 12.6. The number of ether oxygens (including phenoxy) is 3. The van der Waals surface area contributed by atoms with Crippen molar-refractivity contribution in [3.63, 3.8) is 0 Å². The average Bonchev–Trinajstić information content (AvgIpc) is 3.47. The van der Waals surface area contributed by atoms with E-state index in [-0.39, 0.29) is 17.7 Å². The molecule has 5 rings (SSSR count). The smallest absolute Gasteiger partial charge is 0.231 e. The number of hydrazone groups is 1. The molecule has 0 saturated carbocycles. The van der Waals surface area contributed by atoms with Crippen molar-refractivity contribution in [2.24, 2.45) is 11.0 Å². The van der Waals surface area contributed by atoms with Gasteiger partial charge in [-0.15, -0.1) is 0 Å². The van der Waals surface area contributed by atoms with Crippen LogP contribution >= 0.6 is 0 Å². The molecule has 2 atom stereocenters. The van der Waals surface area contributed by atoms with Crippen LogP contribution in [-0.4, -0.2) is 83.7 Å². The van der Waals surface area contributed by atoms with E-state index in [1.165, 1.54) is 5.56 Å². The molecule has 192 valence electrons. The van der Waals surface area contributed by atoms with Crippen molar-refractivity contribution in [2.75, 3.05) is 76.9 Å². The zero-order chi connectivity index (χ0) is 24.9. The summed E-state index contributed by atoms with van der Waals surface area (Å²) < 4.78 is 16.7. The normalized spacial score (nSPS) is 21.3. The van der Waals surface area contributed by atoms with E-state index in [0.29, 0.717) is 13.0 Å². The Bertz CT molecular complexity index is 1100. The van der Waals surface area contributed by atoms with Crippen LogP contribution in [0.2, 0.25) is 0 Å². The minimum Gasteiger partial charge on any atom is -0.497 e. The van der Waals surface area contributed by atoms with Gasteiger partial charge in [0.2, 0.25) is 5.91 Å². The number of nitrogens with zero attached hydrogens (tertiary/aromatic N) is 3. The van der Waals surface area contributed by atoms with E-state index in [9.17, 15) is 4.79 Å². The van der Waals surface area contributed by atoms with E-state index >= 15 is 0 Å². The van der Waals surface area contributed by atoms with Gasteiger partial charge in [-0.25, -0.2) is 0 Å². The van der Waals surface area contributed by atoms with Crippen molar-refractivity contribution in [2.45, 2.75) is 12.3 Å². The summed E-state index contributed by atoms with van der Waals surface area (Å²) in [6.45, 7) is 6.41. The minimum atomic E-state index is -0.276. The fourth-order valence-electron chi connectivity index (χ4n) is 4.89. The highest BCUT2D eigenvalue weighted by Gasteiger charge is 2.28. The predicted molar refractivity (Wildman–Crippen MR) is 141 cm³/mol. The summed E-state index contributed by atoms with van der Waals surface area (Å²) in [4.78, 5) is 18.0. The molecule has 36 heavy (non-hydrogen) atoms. The summed E-state index contributed by atoms with van der Waals surface area (Å²) in [7, 11) is 3.73. The highest BCUT2D eigenvalue weighted by molar-refractivity contribution is 5.96. The van der Waals surface area contributed by atoms with E-state index in [1.807, 2.05) is 30.5 Å². The van der Waals surface area contributed by atoms with Crippen LogP contribution in [0, 0.1) is 5.92 Å². The number of amides is 1. The Morgan fingerprint density at radius 1 is 1.25 bits per heavy atom. The molecule has 0 spiro atoms. The number of carbonyl (C=O) groups excluding carboxylic acids is 1. The molecule has 3 aliphatic heterocycles. The molecule has 0 bridgehead atoms. The number of carbonyl (C=O) groups is 1. The summed E-state index contributed by atoms with van der Waals surface area (Å²) in [5.74, 6) is 1.49. The molecule has 2 unspecified atom stereocenters. The average molecular weight is 494 g/mol. The van der Waals surface area contributed by atoms with Gasteiger partial charge in [-0.3, -0.25) is 9.69 Å². The molecule has 9 heteroatoms. The van der Waals surface area contributed by atoms with Gasteiger partial charge in [0.05, 0.1) is 37.6 Å². The molecule has 2 aromatic rings. The van der Waals surface area contributed by atoms with Crippen LogP contribution in [0.4, 0.5) is 11.4 Å². The fourth-order valence-corrected chi connectivity index (χ4v) is 4.89. The van der Waals surface area contributed by atoms with Gasteiger partial charge in [-0.2, -0.15) is 5.10 Å². The molecular formula is C27H35N5O4. The maximum atomic E-state index is 13.4. The number of morpholine rings is 1. The van der Waals surface area contributed by atoms with Gasteiger partial charge in [-0.1, -0.05) is 6.07 Å². The van der Waals surface area contributed by atoms with E-state index in [2.05, 4.69) is 44.8 Å². The predicted octanol–water partition coefficient (Wildman–Crippen LogP) is 2.33. The van der Waals surface area contributed by atoms with Crippen LogP contribution in [0.5, 0.6) is 11.5 Å². The van der Waals surface area contributed by atoms with Crippen molar-refractivity contribution in [3.05, 3.63) is 47.5 Å². The first kappa shape index (κ1) is 24.4. The first-order chi connectivity index (χ1) is 17.6. The summed E-state index contributed by atoms with van der Waals surface area (Å²) in [5.41, 5.74) is 7.03. The molecule has 2 N–H and O–H groups in total. The van der Waals surface area contributed by atoms with Gasteiger partial charge in [0.15, 0.2) is 0 Å². The third-order valence-corrected chi connectivity index (χ3v) is 7.18. The molecule has 9 nitrogen and oxygen atoms in total. The fraction of sp³-hybridized carbons (Fsp3) is 0.481. The molecule has 1 fully saturated rings. The van der Waals surface area contributed by atoms with Crippen molar-refractivity contribution in [1.82, 2.24) is 10.3 Å². The molecule has 3 aliphatic rings. The molecular weight excluding hydrogens is 458 g/mol. The number of hydrogen-bond donors (Lipinski definition) is 2. The molecule has 0 aromatic heterocycles. The van der Waals surface area contributed by atoms with Crippen LogP contribution < -0.4 is 25.1 Å². The van der Waals surface area contributed by atoms with Crippen molar-refractivity contribution in [3.8, 4) is 11.5 Å². The van der Waals surface area contributed by atoms with Gasteiger partial charge in [-0.05, 0) is 47.9 Å². The van der Waals surface area contributed by atoms with Crippen LogP contribution in [-0.2, 0) is 16.0 Å². The number of likely N-dealkylation sites (N-methyl/N-ethyl adjacent to an activating group) is 1. The quantitative estimate of drug-likeness (QED) is 0.584. The molecule has 0 radical (unpaired) electrons. The van der Waals surface area contributed by atoms with Crippen LogP contribution in [0.3, 0.4) is 0 Å². The summed E-state index contributed by atoms with van der Waals surface area (Å²) in [5, 5.41) is 7.38. The Hall–Kier alpha value is -3.30. The first-order valence-corrected chi connectivity index (χ1v) is 12.6. The topological polar surface area (TPSA) is 87.7 Å². The Morgan fingerprint density at radius 2 is 2.11 bits per heavy atom. The lowest BCUT2D eigenvalue weighted by molar-refractivity contribution is -0.121. The second kappa shape index (κ2) is 11.2. The van der Waals surface area contributed by atoms with E-state index < -0.39 is 0 Å². The van der Waals surface area contributed by atoms with Gasteiger partial charge in [0, 0.05) is 51.9 Å². The molecule has 2 aromatic carbocycles. The molecule has 3 heterocycles. The zero-order valence-electron chi connectivity index (χ0n) is 21.0. The van der Waals surface area contributed by atoms with E-state index in [0.717, 1.165) is 74.4 Å².